The first-order valence-corrected chi connectivity index (χ1v) is 7.23. The average molecular weight is 424 g/mol. The topological polar surface area (TPSA) is 123 Å². The van der Waals surface area contributed by atoms with E-state index in [4.69, 9.17) is 15.0 Å². The molecule has 0 radical (unpaired) electrons. The van der Waals surface area contributed by atoms with Crippen LogP contribution in [0.2, 0.25) is 0 Å². The number of rotatable bonds is 6. The second kappa shape index (κ2) is 24.8. The van der Waals surface area contributed by atoms with E-state index in [1.807, 2.05) is 21.0 Å². The Morgan fingerprint density at radius 2 is 0.963 bits per heavy atom. The quantitative estimate of drug-likeness (QED) is 0.531. The van der Waals surface area contributed by atoms with Crippen molar-refractivity contribution in [3.8, 4) is 0 Å². The first kappa shape index (κ1) is 50.1. The van der Waals surface area contributed by atoms with Gasteiger partial charge in [-0.1, -0.05) is 22.3 Å². The minimum absolute atomic E-state index is 0. The molecule has 0 aliphatic heterocycles. The molecule has 0 atom stereocenters. The Kier molecular flexibility index (Phi) is 46.0. The van der Waals surface area contributed by atoms with Gasteiger partial charge in [-0.2, -0.15) is 0 Å². The van der Waals surface area contributed by atoms with Crippen LogP contribution in [0.4, 0.5) is 0 Å². The van der Waals surface area contributed by atoms with Crippen LogP contribution in [-0.4, -0.2) is 96.7 Å². The lowest BCUT2D eigenvalue weighted by Gasteiger charge is -2.26. The van der Waals surface area contributed by atoms with Gasteiger partial charge in [0, 0.05) is 13.8 Å². The maximum atomic E-state index is 10.6. The highest BCUT2D eigenvalue weighted by Crippen LogP contribution is 1.94. The van der Waals surface area contributed by atoms with Gasteiger partial charge in [-0.15, -0.1) is 0 Å². The molecule has 0 fully saturated rings. The van der Waals surface area contributed by atoms with E-state index >= 15 is 0 Å². The third kappa shape index (κ3) is 58.9. The van der Waals surface area contributed by atoms with Crippen molar-refractivity contribution in [2.24, 2.45) is 0 Å². The molecule has 0 saturated carbocycles. The van der Waals surface area contributed by atoms with Crippen LogP contribution in [0.3, 0.4) is 0 Å². The Balaban J connectivity index is -0.0000000323. The monoisotopic (exact) mass is 423 g/mol. The first-order chi connectivity index (χ1) is 9.69. The highest BCUT2D eigenvalue weighted by molar-refractivity contribution is 5.76. The Labute approximate surface area is 174 Å². The lowest BCUT2D eigenvalue weighted by Crippen LogP contribution is -3.00. The molecule has 0 aliphatic carbocycles. The van der Waals surface area contributed by atoms with Gasteiger partial charge in [0.2, 0.25) is 0 Å². The Morgan fingerprint density at radius 3 is 1.04 bits per heavy atom. The molecule has 0 spiro atoms. The molecular formula is C18H48ClN2O6+. The number of carboxylic acid groups (broad SMARTS) is 2. The molecule has 0 amide bonds. The zero-order valence-corrected chi connectivity index (χ0v) is 17.0. The number of Topliss-reactive ketones (excluding diaryl/α,β-unsaturated/α-hetero) is 1. The lowest BCUT2D eigenvalue weighted by molar-refractivity contribution is -0.881. The molecule has 8 nitrogen and oxygen atoms in total. The van der Waals surface area contributed by atoms with Crippen LogP contribution >= 0.6 is 0 Å². The molecule has 0 heterocycles. The molecule has 0 unspecified atom stereocenters. The number of aliphatic carboxylic acids is 2. The van der Waals surface area contributed by atoms with Crippen molar-refractivity contribution in [1.29, 1.82) is 0 Å². The zero-order valence-electron chi connectivity index (χ0n) is 16.2. The van der Waals surface area contributed by atoms with Crippen LogP contribution in [0.25, 0.3) is 0 Å². The van der Waals surface area contributed by atoms with Gasteiger partial charge < -0.3 is 37.1 Å². The number of likely N-dealkylation sites (N-methyl/N-ethyl adjacent to an activating group) is 2. The van der Waals surface area contributed by atoms with Gasteiger partial charge in [-0.25, -0.2) is 4.79 Å². The summed E-state index contributed by atoms with van der Waals surface area (Å²) < 4.78 is 1.35. The highest BCUT2D eigenvalue weighted by Gasteiger charge is 2.15. The Bertz CT molecular complexity index is 330. The smallest absolute Gasteiger partial charge is 0.359 e. The molecule has 0 bridgehead atoms. The average Bonchev–Trinajstić information content (AvgIpc) is 2.26. The largest absolute Gasteiger partial charge is 1.00 e. The van der Waals surface area contributed by atoms with Crippen molar-refractivity contribution in [1.82, 2.24) is 0 Å². The summed E-state index contributed by atoms with van der Waals surface area (Å²) in [4.78, 5) is 29.8. The number of ketones is 1. The number of carbonyl (C=O) groups is 3. The zero-order chi connectivity index (χ0) is 18.6. The van der Waals surface area contributed by atoms with Crippen molar-refractivity contribution in [2.75, 3.05) is 54.4 Å². The van der Waals surface area contributed by atoms with E-state index in [2.05, 4.69) is 21.0 Å². The summed E-state index contributed by atoms with van der Waals surface area (Å²) in [5.41, 5.74) is 0. The summed E-state index contributed by atoms with van der Waals surface area (Å²) >= 11 is 0. The molecule has 0 aromatic carbocycles. The van der Waals surface area contributed by atoms with E-state index in [1.54, 1.807) is 6.92 Å². The van der Waals surface area contributed by atoms with Gasteiger partial charge in [0.25, 0.3) is 5.97 Å². The van der Waals surface area contributed by atoms with Crippen molar-refractivity contribution in [3.63, 3.8) is 0 Å². The van der Waals surface area contributed by atoms with Crippen molar-refractivity contribution >= 4 is 17.7 Å². The maximum absolute atomic E-state index is 10.6. The molecule has 0 saturated heterocycles. The van der Waals surface area contributed by atoms with E-state index in [1.165, 1.54) is 0 Å². The van der Waals surface area contributed by atoms with Crippen LogP contribution < -0.4 is 12.4 Å². The molecule has 9 heteroatoms. The van der Waals surface area contributed by atoms with Crippen molar-refractivity contribution in [2.45, 2.75) is 50.0 Å². The van der Waals surface area contributed by atoms with Crippen LogP contribution in [0.5, 0.6) is 0 Å². The minimum atomic E-state index is -0.833. The van der Waals surface area contributed by atoms with Gasteiger partial charge in [0.1, 0.15) is 6.54 Å². The fourth-order valence-corrected chi connectivity index (χ4v) is 1.19. The summed E-state index contributed by atoms with van der Waals surface area (Å²) in [7, 11) is 7.91. The van der Waals surface area contributed by atoms with Gasteiger partial charge >= 0.3 is 5.97 Å². The number of nitrogens with zero attached hydrogens (tertiary/aromatic N) is 2. The highest BCUT2D eigenvalue weighted by atomic mass is 35.5. The number of halogens is 1. The van der Waals surface area contributed by atoms with Crippen molar-refractivity contribution in [3.05, 3.63) is 0 Å². The van der Waals surface area contributed by atoms with Gasteiger partial charge in [-0.3, -0.25) is 9.59 Å². The van der Waals surface area contributed by atoms with Gasteiger partial charge in [-0.05, 0) is 13.8 Å². The number of quaternary nitrogens is 2. The second-order valence-corrected chi connectivity index (χ2v) is 6.43. The molecular weight excluding hydrogens is 376 g/mol. The lowest BCUT2D eigenvalue weighted by atomic mass is 10.3. The standard InChI is InChI=1S/C7H16NO.C6H13NO2.C2H4O2.3CH4.ClH.H2O/c1-5-8(3,4)6-7(2)9;1-4-7(2,3)5-6(8)9;1-2(3)4;;;;;/h5-6H2,1-4H3;4-5H2,1-3H3;1H3,(H,3,4);3*1H4;1H;1H2/q+1;;;;;;;. The third-order valence-electron chi connectivity index (χ3n) is 2.93. The SMILES string of the molecule is C.C.C.CC(=O)O.CC[N+](C)(C)CC(=O)O.CC[N+](C)(C)CC(C)=O.O.[Cl-]. The normalized spacial score (nSPS) is 8.59. The maximum Gasteiger partial charge on any atom is 0.359 e. The summed E-state index contributed by atoms with van der Waals surface area (Å²) in [5, 5.41) is 15.8. The summed E-state index contributed by atoms with van der Waals surface area (Å²) in [5.74, 6) is -1.30. The van der Waals surface area contributed by atoms with Crippen LogP contribution in [0.1, 0.15) is 50.0 Å². The molecule has 27 heavy (non-hydrogen) atoms. The number of carboxylic acids is 2. The van der Waals surface area contributed by atoms with Crippen LogP contribution in [-0.2, 0) is 14.4 Å². The van der Waals surface area contributed by atoms with E-state index in [-0.39, 0.29) is 52.5 Å². The van der Waals surface area contributed by atoms with Crippen LogP contribution in [0.15, 0.2) is 0 Å². The first-order valence-electron chi connectivity index (χ1n) is 7.23. The Morgan fingerprint density at radius 1 is 0.741 bits per heavy atom. The molecule has 0 aromatic rings. The van der Waals surface area contributed by atoms with E-state index < -0.39 is 11.9 Å². The summed E-state index contributed by atoms with van der Waals surface area (Å²) in [6.45, 7) is 9.50. The second-order valence-electron chi connectivity index (χ2n) is 6.43. The van der Waals surface area contributed by atoms with Gasteiger partial charge in [0.05, 0.1) is 41.3 Å². The number of hydrogen-bond donors (Lipinski definition) is 2. The molecule has 4 N–H and O–H groups in total. The van der Waals surface area contributed by atoms with Crippen molar-refractivity contribution < 1.29 is 51.4 Å². The number of hydrogen-bond acceptors (Lipinski definition) is 3. The third-order valence-corrected chi connectivity index (χ3v) is 2.93. The number of carbonyl (C=O) groups excluding carboxylic acids is 1. The Hall–Kier alpha value is -1.22. The molecule has 172 valence electrons. The summed E-state index contributed by atoms with van der Waals surface area (Å²) in [6.07, 6.45) is 0. The fraction of sp³-hybridized carbons (Fsp3) is 0.833. The molecule has 0 aromatic heterocycles. The fourth-order valence-electron chi connectivity index (χ4n) is 1.19. The minimum Gasteiger partial charge on any atom is -1.00 e. The predicted molar refractivity (Wildman–Crippen MR) is 110 cm³/mol. The van der Waals surface area contributed by atoms with Crippen LogP contribution in [0, 0.1) is 0 Å². The van der Waals surface area contributed by atoms with E-state index in [0.29, 0.717) is 11.0 Å². The van der Waals surface area contributed by atoms with Gasteiger partial charge in [0.15, 0.2) is 12.3 Å². The summed E-state index contributed by atoms with van der Waals surface area (Å²) in [6, 6.07) is 0. The molecule has 0 aliphatic rings. The van der Waals surface area contributed by atoms with E-state index in [9.17, 15) is 9.59 Å². The van der Waals surface area contributed by atoms with E-state index in [0.717, 1.165) is 24.5 Å². The molecule has 0 rings (SSSR count). The predicted octanol–water partition coefficient (Wildman–Crippen LogP) is -0.982.